The first kappa shape index (κ1) is 22.5. The normalized spacial score (nSPS) is 11.4. The molecule has 1 atom stereocenters. The van der Waals surface area contributed by atoms with Crippen LogP contribution in [-0.4, -0.2) is 12.0 Å². The third kappa shape index (κ3) is 7.24. The van der Waals surface area contributed by atoms with Crippen molar-refractivity contribution in [2.45, 2.75) is 25.6 Å². The second-order valence-corrected chi connectivity index (χ2v) is 7.88. The van der Waals surface area contributed by atoms with Crippen molar-refractivity contribution in [2.75, 3.05) is 5.32 Å². The van der Waals surface area contributed by atoms with Crippen molar-refractivity contribution < 1.29 is 14.3 Å². The fraction of sp³-hybridized carbons (Fsp3) is 0.167. The molecule has 0 saturated carbocycles. The van der Waals surface area contributed by atoms with Crippen LogP contribution in [0.5, 0.6) is 0 Å². The highest BCUT2D eigenvalue weighted by atomic mass is 79.9. The van der Waals surface area contributed by atoms with E-state index in [2.05, 4.69) is 26.6 Å². The highest BCUT2D eigenvalue weighted by Gasteiger charge is 2.19. The fourth-order valence-electron chi connectivity index (χ4n) is 3.03. The molecule has 2 amide bonds. The largest absolute Gasteiger partial charge is 0.445 e. The summed E-state index contributed by atoms with van der Waals surface area (Å²) in [5, 5.41) is 5.67. The molecule has 0 aliphatic rings. The van der Waals surface area contributed by atoms with Crippen molar-refractivity contribution in [2.24, 2.45) is 5.73 Å². The molecule has 0 aromatic heterocycles. The van der Waals surface area contributed by atoms with E-state index in [1.165, 1.54) is 0 Å². The van der Waals surface area contributed by atoms with E-state index in [9.17, 15) is 9.59 Å². The van der Waals surface area contributed by atoms with Gasteiger partial charge in [0.25, 0.3) is 0 Å². The number of halogens is 1. The molecule has 6 nitrogen and oxygen atoms in total. The van der Waals surface area contributed by atoms with Crippen LogP contribution in [0, 0.1) is 0 Å². The first-order valence-electron chi connectivity index (χ1n) is 9.85. The number of amides is 2. The maximum atomic E-state index is 12.7. The number of hydrogen-bond donors (Lipinski definition) is 3. The lowest BCUT2D eigenvalue weighted by molar-refractivity contribution is -0.116. The number of benzene rings is 3. The fourth-order valence-corrected chi connectivity index (χ4v) is 3.29. The first-order valence-corrected chi connectivity index (χ1v) is 10.6. The van der Waals surface area contributed by atoms with Crippen LogP contribution in [0.2, 0.25) is 0 Å². The third-order valence-electron chi connectivity index (χ3n) is 4.61. The molecule has 3 aromatic rings. The highest BCUT2D eigenvalue weighted by molar-refractivity contribution is 9.10. The minimum atomic E-state index is -0.588. The highest BCUT2D eigenvalue weighted by Crippen LogP contribution is 2.21. The molecule has 0 unspecified atom stereocenters. The molecule has 0 bridgehead atoms. The van der Waals surface area contributed by atoms with E-state index in [1.54, 1.807) is 6.07 Å². The molecule has 3 rings (SSSR count). The molecule has 0 spiro atoms. The number of hydrogen-bond acceptors (Lipinski definition) is 4. The number of carbonyl (C=O) groups is 2. The maximum absolute atomic E-state index is 12.7. The Morgan fingerprint density at radius 3 is 2.35 bits per heavy atom. The van der Waals surface area contributed by atoms with Crippen LogP contribution in [0.25, 0.3) is 0 Å². The minimum Gasteiger partial charge on any atom is -0.445 e. The Bertz CT molecular complexity index is 1010. The summed E-state index contributed by atoms with van der Waals surface area (Å²) in [4.78, 5) is 25.1. The van der Waals surface area contributed by atoms with Gasteiger partial charge in [-0.1, -0.05) is 70.5 Å². The summed E-state index contributed by atoms with van der Waals surface area (Å²) in [6.45, 7) is 0.540. The van der Waals surface area contributed by atoms with Crippen LogP contribution < -0.4 is 16.4 Å². The van der Waals surface area contributed by atoms with Crippen molar-refractivity contribution in [3.05, 3.63) is 100 Å². The van der Waals surface area contributed by atoms with E-state index in [0.717, 1.165) is 21.2 Å². The standard InChI is InChI=1S/C24H24BrN3O3/c25-20-11-9-19(10-12-20)22(28-24(30)31-16-17-5-2-1-3-6-17)14-23(29)27-21-8-4-7-18(13-21)15-26/h1-13,22H,14-16,26H2,(H,27,29)(H,28,30)/t22-/m0/s1. The molecule has 0 radical (unpaired) electrons. The van der Waals surface area contributed by atoms with Gasteiger partial charge in [0.15, 0.2) is 0 Å². The summed E-state index contributed by atoms with van der Waals surface area (Å²) in [5.41, 5.74) is 8.93. The van der Waals surface area contributed by atoms with Crippen molar-refractivity contribution >= 4 is 33.6 Å². The molecular weight excluding hydrogens is 458 g/mol. The number of nitrogens with two attached hydrogens (primary N) is 1. The molecule has 7 heteroatoms. The van der Waals surface area contributed by atoms with Crippen molar-refractivity contribution in [3.8, 4) is 0 Å². The Morgan fingerprint density at radius 2 is 1.65 bits per heavy atom. The molecule has 4 N–H and O–H groups in total. The molecule has 31 heavy (non-hydrogen) atoms. The van der Waals surface area contributed by atoms with Crippen LogP contribution in [-0.2, 0) is 22.7 Å². The molecular formula is C24H24BrN3O3. The Kier molecular flexibility index (Phi) is 8.20. The molecule has 160 valence electrons. The minimum absolute atomic E-state index is 0.0505. The third-order valence-corrected chi connectivity index (χ3v) is 5.14. The van der Waals surface area contributed by atoms with Crippen molar-refractivity contribution in [1.29, 1.82) is 0 Å². The zero-order chi connectivity index (χ0) is 22.1. The maximum Gasteiger partial charge on any atom is 0.407 e. The quantitative estimate of drug-likeness (QED) is 0.426. The first-order chi connectivity index (χ1) is 15.0. The second-order valence-electron chi connectivity index (χ2n) is 6.97. The van der Waals surface area contributed by atoms with Gasteiger partial charge in [0.05, 0.1) is 12.5 Å². The van der Waals surface area contributed by atoms with Crippen LogP contribution in [0.15, 0.2) is 83.3 Å². The van der Waals surface area contributed by atoms with Gasteiger partial charge in [-0.05, 0) is 41.0 Å². The van der Waals surface area contributed by atoms with Gasteiger partial charge >= 0.3 is 6.09 Å². The zero-order valence-corrected chi connectivity index (χ0v) is 18.5. The molecule has 3 aromatic carbocycles. The SMILES string of the molecule is NCc1cccc(NC(=O)C[C@H](NC(=O)OCc2ccccc2)c2ccc(Br)cc2)c1. The van der Waals surface area contributed by atoms with Gasteiger partial charge in [0, 0.05) is 16.7 Å². The van der Waals surface area contributed by atoms with E-state index in [-0.39, 0.29) is 18.9 Å². The van der Waals surface area contributed by atoms with E-state index in [1.807, 2.05) is 72.8 Å². The van der Waals surface area contributed by atoms with Crippen LogP contribution in [0.4, 0.5) is 10.5 Å². The second kappa shape index (κ2) is 11.3. The Morgan fingerprint density at radius 1 is 0.935 bits per heavy atom. The van der Waals surface area contributed by atoms with Gasteiger partial charge in [-0.15, -0.1) is 0 Å². The lowest BCUT2D eigenvalue weighted by atomic mass is 10.0. The molecule has 0 aliphatic heterocycles. The number of ether oxygens (including phenoxy) is 1. The topological polar surface area (TPSA) is 93.5 Å². The van der Waals surface area contributed by atoms with Crippen LogP contribution >= 0.6 is 15.9 Å². The number of carbonyl (C=O) groups excluding carboxylic acids is 2. The van der Waals surface area contributed by atoms with E-state index in [0.29, 0.717) is 12.2 Å². The summed E-state index contributed by atoms with van der Waals surface area (Å²) in [5.74, 6) is -0.231. The number of anilines is 1. The predicted octanol–water partition coefficient (Wildman–Crippen LogP) is 4.90. The lowest BCUT2D eigenvalue weighted by Crippen LogP contribution is -2.32. The average molecular weight is 482 g/mol. The summed E-state index contributed by atoms with van der Waals surface area (Å²) >= 11 is 3.40. The average Bonchev–Trinajstić information content (AvgIpc) is 2.78. The molecule has 0 saturated heterocycles. The van der Waals surface area contributed by atoms with Gasteiger partial charge in [0.2, 0.25) is 5.91 Å². The molecule has 0 aliphatic carbocycles. The summed E-state index contributed by atoms with van der Waals surface area (Å²) in [7, 11) is 0. The van der Waals surface area contributed by atoms with Gasteiger partial charge < -0.3 is 21.1 Å². The van der Waals surface area contributed by atoms with E-state index >= 15 is 0 Å². The summed E-state index contributed by atoms with van der Waals surface area (Å²) in [6, 6.07) is 23.7. The van der Waals surface area contributed by atoms with Gasteiger partial charge in [-0.3, -0.25) is 4.79 Å². The Hall–Kier alpha value is -3.16. The van der Waals surface area contributed by atoms with E-state index in [4.69, 9.17) is 10.5 Å². The predicted molar refractivity (Wildman–Crippen MR) is 124 cm³/mol. The number of nitrogens with one attached hydrogen (secondary N) is 2. The number of alkyl carbamates (subject to hydrolysis) is 1. The van der Waals surface area contributed by atoms with Crippen LogP contribution in [0.1, 0.15) is 29.2 Å². The van der Waals surface area contributed by atoms with E-state index < -0.39 is 12.1 Å². The Balaban J connectivity index is 1.66. The van der Waals surface area contributed by atoms with Gasteiger partial charge in [-0.2, -0.15) is 0 Å². The molecule has 0 heterocycles. The summed E-state index contributed by atoms with van der Waals surface area (Å²) < 4.78 is 6.24. The molecule has 0 fully saturated rings. The zero-order valence-electron chi connectivity index (χ0n) is 16.9. The monoisotopic (exact) mass is 481 g/mol. The Labute approximate surface area is 189 Å². The lowest BCUT2D eigenvalue weighted by Gasteiger charge is -2.19. The number of rotatable bonds is 8. The van der Waals surface area contributed by atoms with Gasteiger partial charge in [0.1, 0.15) is 6.61 Å². The van der Waals surface area contributed by atoms with Gasteiger partial charge in [-0.25, -0.2) is 4.79 Å². The van der Waals surface area contributed by atoms with Crippen molar-refractivity contribution in [1.82, 2.24) is 5.32 Å². The van der Waals surface area contributed by atoms with Crippen LogP contribution in [0.3, 0.4) is 0 Å². The smallest absolute Gasteiger partial charge is 0.407 e. The van der Waals surface area contributed by atoms with Crippen molar-refractivity contribution in [3.63, 3.8) is 0 Å². The summed E-state index contributed by atoms with van der Waals surface area (Å²) in [6.07, 6.45) is -0.538.